The molecule has 68 valence electrons. The summed E-state index contributed by atoms with van der Waals surface area (Å²) >= 11 is 0. The van der Waals surface area contributed by atoms with Crippen molar-refractivity contribution >= 4 is 0 Å². The fourth-order valence-corrected chi connectivity index (χ4v) is 2.23. The van der Waals surface area contributed by atoms with Crippen molar-refractivity contribution in [2.45, 2.75) is 32.1 Å². The Bertz CT molecular complexity index is 301. The van der Waals surface area contributed by atoms with Crippen molar-refractivity contribution in [1.82, 2.24) is 5.32 Å². The number of allylic oxidation sites excluding steroid dienone is 2. The molecule has 0 unspecified atom stereocenters. The van der Waals surface area contributed by atoms with Crippen LogP contribution in [0.2, 0.25) is 0 Å². The number of nitrogens with zero attached hydrogens (tertiary/aromatic N) is 1. The third kappa shape index (κ3) is 1.60. The molecule has 0 atom stereocenters. The molecule has 0 saturated heterocycles. The molecule has 1 aliphatic heterocycles. The van der Waals surface area contributed by atoms with E-state index in [4.69, 9.17) is 5.26 Å². The van der Waals surface area contributed by atoms with Gasteiger partial charge in [0.25, 0.3) is 0 Å². The zero-order valence-corrected chi connectivity index (χ0v) is 7.77. The van der Waals surface area contributed by atoms with E-state index in [-0.39, 0.29) is 0 Å². The van der Waals surface area contributed by atoms with Gasteiger partial charge in [-0.2, -0.15) is 5.26 Å². The van der Waals surface area contributed by atoms with E-state index in [0.717, 1.165) is 18.7 Å². The van der Waals surface area contributed by atoms with Crippen molar-refractivity contribution in [2.75, 3.05) is 6.54 Å². The monoisotopic (exact) mass is 174 g/mol. The molecule has 1 heterocycles. The Morgan fingerprint density at radius 1 is 1.23 bits per heavy atom. The fourth-order valence-electron chi connectivity index (χ4n) is 2.23. The maximum absolute atomic E-state index is 8.62. The molecule has 1 aliphatic carbocycles. The largest absolute Gasteiger partial charge is 0.384 e. The van der Waals surface area contributed by atoms with E-state index in [9.17, 15) is 0 Å². The van der Waals surface area contributed by atoms with Crippen molar-refractivity contribution in [3.63, 3.8) is 0 Å². The van der Waals surface area contributed by atoms with Gasteiger partial charge in [-0.05, 0) is 37.7 Å². The highest BCUT2D eigenvalue weighted by Crippen LogP contribution is 2.32. The van der Waals surface area contributed by atoms with Gasteiger partial charge in [0.05, 0.1) is 6.07 Å². The van der Waals surface area contributed by atoms with Crippen molar-refractivity contribution in [3.8, 4) is 6.07 Å². The molecule has 0 radical (unpaired) electrons. The maximum Gasteiger partial charge on any atom is 0.0933 e. The number of nitrogens with one attached hydrogen (secondary N) is 1. The summed E-state index contributed by atoms with van der Waals surface area (Å²) in [4.78, 5) is 0. The second kappa shape index (κ2) is 3.66. The van der Waals surface area contributed by atoms with E-state index in [1.54, 1.807) is 11.6 Å². The van der Waals surface area contributed by atoms with Crippen molar-refractivity contribution in [2.24, 2.45) is 0 Å². The molecule has 0 aromatic rings. The molecule has 1 N–H and O–H groups in total. The summed E-state index contributed by atoms with van der Waals surface area (Å²) in [5.41, 5.74) is 4.11. The molecule has 2 aliphatic rings. The highest BCUT2D eigenvalue weighted by atomic mass is 14.9. The second-order valence-corrected chi connectivity index (χ2v) is 3.65. The minimum Gasteiger partial charge on any atom is -0.384 e. The summed E-state index contributed by atoms with van der Waals surface area (Å²) in [6, 6.07) is 2.11. The minimum atomic E-state index is 1.01. The van der Waals surface area contributed by atoms with Crippen LogP contribution in [-0.2, 0) is 0 Å². The van der Waals surface area contributed by atoms with E-state index in [2.05, 4.69) is 11.4 Å². The Hall–Kier alpha value is -1.23. The SMILES string of the molecule is N#CC=C1NCCC2=C1CCCC2. The highest BCUT2D eigenvalue weighted by Gasteiger charge is 2.19. The van der Waals surface area contributed by atoms with E-state index in [0.29, 0.717) is 0 Å². The topological polar surface area (TPSA) is 35.8 Å². The Balaban J connectivity index is 2.31. The molecule has 0 bridgehead atoms. The average molecular weight is 174 g/mol. The Morgan fingerprint density at radius 2 is 2.08 bits per heavy atom. The molecule has 0 fully saturated rings. The van der Waals surface area contributed by atoms with E-state index in [1.165, 1.54) is 31.3 Å². The van der Waals surface area contributed by atoms with Gasteiger partial charge in [-0.1, -0.05) is 5.57 Å². The molecule has 2 rings (SSSR count). The molecular weight excluding hydrogens is 160 g/mol. The first-order valence-corrected chi connectivity index (χ1v) is 4.97. The summed E-state index contributed by atoms with van der Waals surface area (Å²) < 4.78 is 0. The van der Waals surface area contributed by atoms with Crippen LogP contribution in [0.3, 0.4) is 0 Å². The lowest BCUT2D eigenvalue weighted by molar-refractivity contribution is 0.602. The van der Waals surface area contributed by atoms with Crippen LogP contribution in [-0.4, -0.2) is 6.54 Å². The lowest BCUT2D eigenvalue weighted by atomic mass is 9.86. The predicted octanol–water partition coefficient (Wildman–Crippen LogP) is 2.26. The number of nitriles is 1. The lowest BCUT2D eigenvalue weighted by Crippen LogP contribution is -2.24. The summed E-state index contributed by atoms with van der Waals surface area (Å²) in [6.45, 7) is 1.01. The second-order valence-electron chi connectivity index (χ2n) is 3.65. The van der Waals surface area contributed by atoms with Gasteiger partial charge in [-0.3, -0.25) is 0 Å². The van der Waals surface area contributed by atoms with Crippen LogP contribution in [0.1, 0.15) is 32.1 Å². The third-order valence-corrected chi connectivity index (χ3v) is 2.86. The molecule has 2 heteroatoms. The Kier molecular flexibility index (Phi) is 2.35. The van der Waals surface area contributed by atoms with Crippen LogP contribution in [0, 0.1) is 11.3 Å². The van der Waals surface area contributed by atoms with Crippen LogP contribution in [0.4, 0.5) is 0 Å². The van der Waals surface area contributed by atoms with Crippen LogP contribution in [0.5, 0.6) is 0 Å². The minimum absolute atomic E-state index is 1.01. The van der Waals surface area contributed by atoms with Gasteiger partial charge in [0.2, 0.25) is 0 Å². The predicted molar refractivity (Wildman–Crippen MR) is 51.8 cm³/mol. The first kappa shape index (κ1) is 8.37. The molecule has 2 nitrogen and oxygen atoms in total. The quantitative estimate of drug-likeness (QED) is 0.572. The molecule has 0 saturated carbocycles. The first-order chi connectivity index (χ1) is 6.42. The number of hydrogen-bond acceptors (Lipinski definition) is 2. The smallest absolute Gasteiger partial charge is 0.0933 e. The van der Waals surface area contributed by atoms with E-state index >= 15 is 0 Å². The molecule has 0 amide bonds. The van der Waals surface area contributed by atoms with Gasteiger partial charge in [0, 0.05) is 18.3 Å². The van der Waals surface area contributed by atoms with Crippen LogP contribution >= 0.6 is 0 Å². The van der Waals surface area contributed by atoms with Gasteiger partial charge in [-0.25, -0.2) is 0 Å². The van der Waals surface area contributed by atoms with Crippen LogP contribution < -0.4 is 5.32 Å². The summed E-state index contributed by atoms with van der Waals surface area (Å²) in [7, 11) is 0. The fraction of sp³-hybridized carbons (Fsp3) is 0.545. The Labute approximate surface area is 78.9 Å². The summed E-state index contributed by atoms with van der Waals surface area (Å²) in [5.74, 6) is 0. The zero-order chi connectivity index (χ0) is 9.10. The maximum atomic E-state index is 8.62. The lowest BCUT2D eigenvalue weighted by Gasteiger charge is -2.27. The number of hydrogen-bond donors (Lipinski definition) is 1. The summed E-state index contributed by atoms with van der Waals surface area (Å²) in [5, 5.41) is 11.9. The molecule has 13 heavy (non-hydrogen) atoms. The van der Waals surface area contributed by atoms with Crippen molar-refractivity contribution in [3.05, 3.63) is 22.9 Å². The highest BCUT2D eigenvalue weighted by molar-refractivity contribution is 5.40. The summed E-state index contributed by atoms with van der Waals surface area (Å²) in [6.07, 6.45) is 7.86. The molecule has 0 aromatic heterocycles. The molecule has 0 aromatic carbocycles. The van der Waals surface area contributed by atoms with Gasteiger partial charge in [0.15, 0.2) is 0 Å². The first-order valence-electron chi connectivity index (χ1n) is 4.97. The van der Waals surface area contributed by atoms with Gasteiger partial charge < -0.3 is 5.32 Å². The van der Waals surface area contributed by atoms with Crippen molar-refractivity contribution < 1.29 is 0 Å². The molecule has 0 spiro atoms. The van der Waals surface area contributed by atoms with Crippen LogP contribution in [0.15, 0.2) is 22.9 Å². The third-order valence-electron chi connectivity index (χ3n) is 2.86. The Morgan fingerprint density at radius 3 is 2.92 bits per heavy atom. The average Bonchev–Trinajstić information content (AvgIpc) is 2.19. The van der Waals surface area contributed by atoms with Gasteiger partial charge in [-0.15, -0.1) is 0 Å². The van der Waals surface area contributed by atoms with Gasteiger partial charge in [0.1, 0.15) is 0 Å². The molecular formula is C11H14N2. The van der Waals surface area contributed by atoms with Gasteiger partial charge >= 0.3 is 0 Å². The van der Waals surface area contributed by atoms with E-state index < -0.39 is 0 Å². The number of rotatable bonds is 0. The standard InChI is InChI=1S/C11H14N2/c12-7-5-11-10-4-2-1-3-9(10)6-8-13-11/h5,13H,1-4,6,8H2. The van der Waals surface area contributed by atoms with Crippen LogP contribution in [0.25, 0.3) is 0 Å². The van der Waals surface area contributed by atoms with E-state index in [1.807, 2.05) is 0 Å². The van der Waals surface area contributed by atoms with Crippen molar-refractivity contribution in [1.29, 1.82) is 5.26 Å². The zero-order valence-electron chi connectivity index (χ0n) is 7.77. The normalized spacial score (nSPS) is 25.0.